The van der Waals surface area contributed by atoms with Gasteiger partial charge in [0, 0.05) is 0 Å². The molecule has 1 heterocycles. The normalized spacial score (nSPS) is 11.0. The smallest absolute Gasteiger partial charge is 0.150 e. The van der Waals surface area contributed by atoms with Gasteiger partial charge in [-0.05, 0) is 31.0 Å². The van der Waals surface area contributed by atoms with Crippen molar-refractivity contribution in [1.29, 1.82) is 0 Å². The monoisotopic (exact) mass is 195 g/mol. The third-order valence-electron chi connectivity index (χ3n) is 2.02. The van der Waals surface area contributed by atoms with Gasteiger partial charge >= 0.3 is 0 Å². The number of rotatable bonds is 1. The molecule has 2 rings (SSSR count). The lowest BCUT2D eigenvalue weighted by molar-refractivity contribution is 0.635. The van der Waals surface area contributed by atoms with E-state index in [1.807, 2.05) is 19.9 Å². The molecule has 0 N–H and O–H groups in total. The topological polar surface area (TPSA) is 12.9 Å². The van der Waals surface area contributed by atoms with Gasteiger partial charge in [-0.25, -0.2) is 9.37 Å². The Kier molecular flexibility index (Phi) is 2.04. The van der Waals surface area contributed by atoms with Crippen LogP contribution in [0.5, 0.6) is 0 Å². The summed E-state index contributed by atoms with van der Waals surface area (Å²) in [6.07, 6.45) is 0.865. The minimum Gasteiger partial charge on any atom is -0.238 e. The van der Waals surface area contributed by atoms with E-state index in [-0.39, 0.29) is 5.82 Å². The first-order valence-electron chi connectivity index (χ1n) is 4.26. The van der Waals surface area contributed by atoms with Crippen LogP contribution >= 0.6 is 11.3 Å². The van der Waals surface area contributed by atoms with Gasteiger partial charge in [0.05, 0.1) is 9.71 Å². The maximum Gasteiger partial charge on any atom is 0.150 e. The lowest BCUT2D eigenvalue weighted by Gasteiger charge is -1.96. The lowest BCUT2D eigenvalue weighted by Crippen LogP contribution is -1.84. The highest BCUT2D eigenvalue weighted by Crippen LogP contribution is 2.25. The van der Waals surface area contributed by atoms with Gasteiger partial charge in [-0.15, -0.1) is 11.3 Å². The van der Waals surface area contributed by atoms with Crippen molar-refractivity contribution in [3.05, 3.63) is 28.5 Å². The predicted octanol–water partition coefficient (Wildman–Crippen LogP) is 3.31. The van der Waals surface area contributed by atoms with Crippen molar-refractivity contribution in [2.24, 2.45) is 0 Å². The van der Waals surface area contributed by atoms with Crippen LogP contribution in [0.3, 0.4) is 0 Å². The highest BCUT2D eigenvalue weighted by Gasteiger charge is 2.07. The summed E-state index contributed by atoms with van der Waals surface area (Å²) < 4.78 is 14.3. The zero-order chi connectivity index (χ0) is 9.42. The first-order chi connectivity index (χ1) is 6.20. The molecule has 1 nitrogen and oxygen atoms in total. The molecular weight excluding hydrogens is 185 g/mol. The largest absolute Gasteiger partial charge is 0.238 e. The third kappa shape index (κ3) is 1.44. The van der Waals surface area contributed by atoms with Crippen molar-refractivity contribution in [1.82, 2.24) is 4.98 Å². The van der Waals surface area contributed by atoms with E-state index < -0.39 is 0 Å². The Morgan fingerprint density at radius 3 is 2.92 bits per heavy atom. The molecule has 0 saturated carbocycles. The van der Waals surface area contributed by atoms with Gasteiger partial charge in [0.15, 0.2) is 5.82 Å². The number of halogens is 1. The van der Waals surface area contributed by atoms with Crippen LogP contribution in [0.2, 0.25) is 0 Å². The fraction of sp³-hybridized carbons (Fsp3) is 0.300. The maximum atomic E-state index is 13.4. The number of aryl methyl sites for hydroxylation is 2. The summed E-state index contributed by atoms with van der Waals surface area (Å²) >= 11 is 1.54. The van der Waals surface area contributed by atoms with E-state index in [1.54, 1.807) is 17.4 Å². The number of nitrogens with zero attached hydrogens (tertiary/aromatic N) is 1. The molecule has 0 fully saturated rings. The summed E-state index contributed by atoms with van der Waals surface area (Å²) in [5.74, 6) is -0.196. The van der Waals surface area contributed by atoms with Crippen molar-refractivity contribution in [3.63, 3.8) is 0 Å². The van der Waals surface area contributed by atoms with Crippen LogP contribution in [0, 0.1) is 12.7 Å². The first kappa shape index (κ1) is 8.63. The highest BCUT2D eigenvalue weighted by atomic mass is 32.1. The quantitative estimate of drug-likeness (QED) is 0.680. The number of benzene rings is 1. The van der Waals surface area contributed by atoms with Gasteiger partial charge in [-0.3, -0.25) is 0 Å². The summed E-state index contributed by atoms with van der Waals surface area (Å²) in [5, 5.41) is 0.919. The molecule has 3 heteroatoms. The second-order valence-electron chi connectivity index (χ2n) is 3.01. The molecule has 0 bridgehead atoms. The van der Waals surface area contributed by atoms with Crippen LogP contribution in [0.15, 0.2) is 12.1 Å². The number of fused-ring (bicyclic) bond motifs is 1. The molecule has 0 aliphatic heterocycles. The van der Waals surface area contributed by atoms with E-state index in [4.69, 9.17) is 0 Å². The summed E-state index contributed by atoms with van der Waals surface area (Å²) in [6.45, 7) is 3.92. The Hall–Kier alpha value is -0.960. The Morgan fingerprint density at radius 2 is 2.23 bits per heavy atom. The van der Waals surface area contributed by atoms with Crippen LogP contribution in [-0.4, -0.2) is 4.98 Å². The van der Waals surface area contributed by atoms with Crippen molar-refractivity contribution in [2.75, 3.05) is 0 Å². The van der Waals surface area contributed by atoms with Gasteiger partial charge in [0.2, 0.25) is 0 Å². The maximum absolute atomic E-state index is 13.4. The molecule has 0 amide bonds. The zero-order valence-electron chi connectivity index (χ0n) is 7.60. The van der Waals surface area contributed by atoms with E-state index in [1.165, 1.54) is 0 Å². The Labute approximate surface area is 80.2 Å². The predicted molar refractivity (Wildman–Crippen MR) is 53.7 cm³/mol. The van der Waals surface area contributed by atoms with Crippen LogP contribution in [0.4, 0.5) is 4.39 Å². The van der Waals surface area contributed by atoms with E-state index in [9.17, 15) is 4.39 Å². The number of thiazole rings is 1. The fourth-order valence-electron chi connectivity index (χ4n) is 1.36. The molecule has 1 aromatic heterocycles. The number of hydrogen-bond acceptors (Lipinski definition) is 2. The van der Waals surface area contributed by atoms with Crippen LogP contribution in [-0.2, 0) is 6.42 Å². The number of hydrogen-bond donors (Lipinski definition) is 0. The molecule has 2 aromatic rings. The van der Waals surface area contributed by atoms with Crippen molar-refractivity contribution >= 4 is 21.6 Å². The summed E-state index contributed by atoms with van der Waals surface area (Å²) in [6, 6.07) is 3.59. The summed E-state index contributed by atoms with van der Waals surface area (Å²) in [5.41, 5.74) is 1.55. The molecule has 0 aliphatic rings. The van der Waals surface area contributed by atoms with Crippen molar-refractivity contribution in [3.8, 4) is 0 Å². The van der Waals surface area contributed by atoms with Crippen molar-refractivity contribution < 1.29 is 4.39 Å². The van der Waals surface area contributed by atoms with Crippen LogP contribution in [0.25, 0.3) is 10.2 Å². The highest BCUT2D eigenvalue weighted by molar-refractivity contribution is 7.18. The number of aromatic nitrogens is 1. The van der Waals surface area contributed by atoms with E-state index in [2.05, 4.69) is 4.98 Å². The molecule has 0 radical (unpaired) electrons. The second-order valence-corrected chi connectivity index (χ2v) is 4.25. The van der Waals surface area contributed by atoms with E-state index >= 15 is 0 Å². The summed E-state index contributed by atoms with van der Waals surface area (Å²) in [7, 11) is 0. The van der Waals surface area contributed by atoms with Crippen molar-refractivity contribution in [2.45, 2.75) is 20.3 Å². The average molecular weight is 195 g/mol. The van der Waals surface area contributed by atoms with Crippen LogP contribution < -0.4 is 0 Å². The van der Waals surface area contributed by atoms with Crippen LogP contribution in [0.1, 0.15) is 17.5 Å². The van der Waals surface area contributed by atoms with E-state index in [0.29, 0.717) is 5.52 Å². The average Bonchev–Trinajstić information content (AvgIpc) is 2.46. The minimum absolute atomic E-state index is 0.196. The van der Waals surface area contributed by atoms with Gasteiger partial charge in [0.25, 0.3) is 0 Å². The van der Waals surface area contributed by atoms with Gasteiger partial charge in [-0.2, -0.15) is 0 Å². The lowest BCUT2D eigenvalue weighted by atomic mass is 10.1. The molecule has 0 saturated heterocycles. The fourth-order valence-corrected chi connectivity index (χ4v) is 2.26. The molecule has 0 atom stereocenters. The minimum atomic E-state index is -0.196. The standard InChI is InChI=1S/C10H10FNS/c1-3-7-4-8(11)10-9(5-7)13-6(2)12-10/h4-5H,3H2,1-2H3. The molecule has 13 heavy (non-hydrogen) atoms. The molecular formula is C10H10FNS. The van der Waals surface area contributed by atoms with Gasteiger partial charge in [-0.1, -0.05) is 6.92 Å². The molecule has 0 aliphatic carbocycles. The van der Waals surface area contributed by atoms with Gasteiger partial charge < -0.3 is 0 Å². The first-order valence-corrected chi connectivity index (χ1v) is 5.08. The zero-order valence-corrected chi connectivity index (χ0v) is 8.41. The summed E-state index contributed by atoms with van der Waals surface area (Å²) in [4.78, 5) is 4.13. The molecule has 68 valence electrons. The second kappa shape index (κ2) is 3.07. The van der Waals surface area contributed by atoms with Gasteiger partial charge in [0.1, 0.15) is 5.52 Å². The van der Waals surface area contributed by atoms with E-state index in [0.717, 1.165) is 21.7 Å². The Balaban J connectivity index is 2.75. The Bertz CT molecular complexity index is 447. The molecule has 0 unspecified atom stereocenters. The molecule has 0 spiro atoms. The molecule has 1 aromatic carbocycles. The third-order valence-corrected chi connectivity index (χ3v) is 2.94. The Morgan fingerprint density at radius 1 is 1.46 bits per heavy atom. The SMILES string of the molecule is CCc1cc(F)c2nc(C)sc2c1.